The number of carbonyl (C=O) groups excluding carboxylic acids is 1. The second-order valence-corrected chi connectivity index (χ2v) is 6.85. The van der Waals surface area contributed by atoms with Crippen LogP contribution in [0.5, 0.6) is 0 Å². The lowest BCUT2D eigenvalue weighted by molar-refractivity contribution is 0.0755. The highest BCUT2D eigenvalue weighted by Gasteiger charge is 2.21. The van der Waals surface area contributed by atoms with Gasteiger partial charge in [-0.15, -0.1) is 0 Å². The maximum Gasteiger partial charge on any atom is 0.274 e. The van der Waals surface area contributed by atoms with E-state index in [0.29, 0.717) is 5.69 Å². The van der Waals surface area contributed by atoms with E-state index >= 15 is 0 Å². The fourth-order valence-electron chi connectivity index (χ4n) is 3.78. The Morgan fingerprint density at radius 2 is 1.68 bits per heavy atom. The molecular weight excluding hydrogens is 312 g/mol. The second-order valence-electron chi connectivity index (χ2n) is 6.85. The van der Waals surface area contributed by atoms with E-state index in [1.807, 2.05) is 4.90 Å². The van der Waals surface area contributed by atoms with Crippen LogP contribution >= 0.6 is 0 Å². The number of nitrogens with zero attached hydrogens (tertiary/aromatic N) is 4. The van der Waals surface area contributed by atoms with Crippen molar-refractivity contribution in [2.75, 3.05) is 24.5 Å². The molecule has 25 heavy (non-hydrogen) atoms. The van der Waals surface area contributed by atoms with Crippen LogP contribution in [0.3, 0.4) is 0 Å². The first-order valence-corrected chi connectivity index (χ1v) is 9.30. The number of anilines is 2. The van der Waals surface area contributed by atoms with Crippen LogP contribution in [0.15, 0.2) is 36.7 Å². The molecule has 1 amide bonds. The average Bonchev–Trinajstić information content (AvgIpc) is 2.97. The monoisotopic (exact) mass is 336 g/mol. The number of hydrogen-bond acceptors (Lipinski definition) is 4. The predicted octanol–water partition coefficient (Wildman–Crippen LogP) is 3.58. The number of para-hydroxylation sites is 1. The van der Waals surface area contributed by atoms with E-state index in [-0.39, 0.29) is 5.91 Å². The molecule has 1 aromatic heterocycles. The van der Waals surface area contributed by atoms with E-state index in [1.165, 1.54) is 24.1 Å². The van der Waals surface area contributed by atoms with Gasteiger partial charge in [-0.05, 0) is 37.3 Å². The minimum absolute atomic E-state index is 0.0139. The molecule has 1 aromatic carbocycles. The van der Waals surface area contributed by atoms with E-state index in [2.05, 4.69) is 39.1 Å². The molecule has 0 N–H and O–H groups in total. The quantitative estimate of drug-likeness (QED) is 0.841. The van der Waals surface area contributed by atoms with Gasteiger partial charge in [-0.2, -0.15) is 0 Å². The topological polar surface area (TPSA) is 49.3 Å². The lowest BCUT2D eigenvalue weighted by Gasteiger charge is -2.30. The first-order valence-electron chi connectivity index (χ1n) is 9.30. The van der Waals surface area contributed by atoms with Gasteiger partial charge in [0.25, 0.3) is 5.91 Å². The minimum Gasteiger partial charge on any atom is -0.337 e. The Morgan fingerprint density at radius 3 is 2.44 bits per heavy atom. The van der Waals surface area contributed by atoms with Gasteiger partial charge < -0.3 is 9.80 Å². The summed E-state index contributed by atoms with van der Waals surface area (Å²) in [4.78, 5) is 25.8. The Labute approximate surface area is 148 Å². The van der Waals surface area contributed by atoms with Gasteiger partial charge in [0.2, 0.25) is 0 Å². The molecule has 0 spiro atoms. The first-order chi connectivity index (χ1) is 12.3. The number of amides is 1. The van der Waals surface area contributed by atoms with Crippen molar-refractivity contribution in [3.05, 3.63) is 47.9 Å². The van der Waals surface area contributed by atoms with Gasteiger partial charge in [-0.1, -0.05) is 31.0 Å². The average molecular weight is 336 g/mol. The summed E-state index contributed by atoms with van der Waals surface area (Å²) in [6, 6.07) is 8.44. The Hall–Kier alpha value is -2.43. The van der Waals surface area contributed by atoms with Gasteiger partial charge in [0.15, 0.2) is 5.82 Å². The fourth-order valence-corrected chi connectivity index (χ4v) is 3.78. The first kappa shape index (κ1) is 16.1. The molecule has 5 nitrogen and oxygen atoms in total. The van der Waals surface area contributed by atoms with Crippen LogP contribution in [0.2, 0.25) is 0 Å². The van der Waals surface area contributed by atoms with Crippen molar-refractivity contribution >= 4 is 17.4 Å². The predicted molar refractivity (Wildman–Crippen MR) is 98.2 cm³/mol. The van der Waals surface area contributed by atoms with Crippen LogP contribution in [-0.4, -0.2) is 40.4 Å². The number of rotatable bonds is 2. The van der Waals surface area contributed by atoms with Crippen LogP contribution in [-0.2, 0) is 6.42 Å². The van der Waals surface area contributed by atoms with Crippen molar-refractivity contribution in [3.8, 4) is 0 Å². The highest BCUT2D eigenvalue weighted by molar-refractivity contribution is 5.92. The highest BCUT2D eigenvalue weighted by Crippen LogP contribution is 2.31. The van der Waals surface area contributed by atoms with E-state index in [1.54, 1.807) is 12.4 Å². The van der Waals surface area contributed by atoms with E-state index < -0.39 is 0 Å². The Morgan fingerprint density at radius 1 is 0.880 bits per heavy atom. The molecule has 1 fully saturated rings. The van der Waals surface area contributed by atoms with Crippen LogP contribution in [0, 0.1) is 0 Å². The summed E-state index contributed by atoms with van der Waals surface area (Å²) in [6.45, 7) is 2.61. The van der Waals surface area contributed by atoms with Crippen molar-refractivity contribution in [1.29, 1.82) is 0 Å². The van der Waals surface area contributed by atoms with Crippen molar-refractivity contribution in [1.82, 2.24) is 14.9 Å². The number of fused-ring (bicyclic) bond motifs is 1. The van der Waals surface area contributed by atoms with Crippen molar-refractivity contribution in [3.63, 3.8) is 0 Å². The number of likely N-dealkylation sites (tertiary alicyclic amines) is 1. The molecule has 5 heteroatoms. The third-order valence-corrected chi connectivity index (χ3v) is 5.14. The maximum atomic E-state index is 12.6. The number of aromatic nitrogens is 2. The van der Waals surface area contributed by atoms with Crippen LogP contribution in [0.25, 0.3) is 0 Å². The zero-order chi connectivity index (χ0) is 17.1. The Kier molecular flexibility index (Phi) is 4.63. The largest absolute Gasteiger partial charge is 0.337 e. The summed E-state index contributed by atoms with van der Waals surface area (Å²) < 4.78 is 0. The van der Waals surface area contributed by atoms with Gasteiger partial charge in [-0.25, -0.2) is 9.97 Å². The molecule has 2 aliphatic heterocycles. The maximum absolute atomic E-state index is 12.6. The smallest absolute Gasteiger partial charge is 0.274 e. The van der Waals surface area contributed by atoms with Gasteiger partial charge in [0, 0.05) is 25.3 Å². The molecule has 0 aliphatic carbocycles. The summed E-state index contributed by atoms with van der Waals surface area (Å²) >= 11 is 0. The molecule has 130 valence electrons. The summed E-state index contributed by atoms with van der Waals surface area (Å²) in [5.41, 5.74) is 3.01. The molecule has 3 heterocycles. The van der Waals surface area contributed by atoms with Gasteiger partial charge >= 0.3 is 0 Å². The number of aryl methyl sites for hydroxylation is 1. The number of hydrogen-bond donors (Lipinski definition) is 0. The molecule has 0 unspecified atom stereocenters. The summed E-state index contributed by atoms with van der Waals surface area (Å²) in [7, 11) is 0. The van der Waals surface area contributed by atoms with Crippen molar-refractivity contribution in [2.24, 2.45) is 0 Å². The molecule has 0 radical (unpaired) electrons. The third kappa shape index (κ3) is 3.36. The number of carbonyl (C=O) groups is 1. The second kappa shape index (κ2) is 7.21. The fraction of sp³-hybridized carbons (Fsp3) is 0.450. The van der Waals surface area contributed by atoms with Gasteiger partial charge in [0.1, 0.15) is 5.69 Å². The third-order valence-electron chi connectivity index (χ3n) is 5.14. The Balaban J connectivity index is 1.54. The van der Waals surface area contributed by atoms with Crippen LogP contribution < -0.4 is 4.90 Å². The lowest BCUT2D eigenvalue weighted by Crippen LogP contribution is -2.32. The normalized spacial score (nSPS) is 17.8. The van der Waals surface area contributed by atoms with Crippen molar-refractivity contribution in [2.45, 2.75) is 38.5 Å². The summed E-state index contributed by atoms with van der Waals surface area (Å²) in [5, 5.41) is 0. The molecule has 0 atom stereocenters. The van der Waals surface area contributed by atoms with E-state index in [4.69, 9.17) is 0 Å². The Bertz CT molecular complexity index is 736. The van der Waals surface area contributed by atoms with E-state index in [0.717, 1.165) is 51.1 Å². The van der Waals surface area contributed by atoms with Crippen molar-refractivity contribution < 1.29 is 4.79 Å². The standard InChI is InChI=1S/C20H24N4O/c25-20(23-11-5-1-2-6-12-23)17-14-22-19(15-21-17)24-13-7-9-16-8-3-4-10-18(16)24/h3-4,8,10,14-15H,1-2,5-7,9,11-13H2. The van der Waals surface area contributed by atoms with Gasteiger partial charge in [0.05, 0.1) is 12.4 Å². The van der Waals surface area contributed by atoms with Gasteiger partial charge in [-0.3, -0.25) is 4.79 Å². The van der Waals surface area contributed by atoms with E-state index in [9.17, 15) is 4.79 Å². The molecule has 2 aromatic rings. The molecule has 4 rings (SSSR count). The molecule has 2 aliphatic rings. The molecule has 0 bridgehead atoms. The number of benzene rings is 1. The molecule has 0 saturated carbocycles. The zero-order valence-corrected chi connectivity index (χ0v) is 14.5. The van der Waals surface area contributed by atoms with Crippen LogP contribution in [0.1, 0.15) is 48.2 Å². The highest BCUT2D eigenvalue weighted by atomic mass is 16.2. The zero-order valence-electron chi connectivity index (χ0n) is 14.5. The summed E-state index contributed by atoms with van der Waals surface area (Å²) in [5.74, 6) is 0.833. The minimum atomic E-state index is 0.0139. The molecule has 1 saturated heterocycles. The molecular formula is C20H24N4O. The SMILES string of the molecule is O=C(c1cnc(N2CCCc3ccccc32)cn1)N1CCCCCC1. The summed E-state index contributed by atoms with van der Waals surface area (Å²) in [6.07, 6.45) is 10.2. The lowest BCUT2D eigenvalue weighted by atomic mass is 10.0. The van der Waals surface area contributed by atoms with Crippen LogP contribution in [0.4, 0.5) is 11.5 Å².